The predicted molar refractivity (Wildman–Crippen MR) is 67.1 cm³/mol. The first kappa shape index (κ1) is 11.1. The molecule has 0 radical (unpaired) electrons. The fraction of sp³-hybridized carbons (Fsp3) is 0.400. The molecule has 0 aromatic heterocycles. The van der Waals surface area contributed by atoms with Crippen molar-refractivity contribution in [2.24, 2.45) is 5.41 Å². The van der Waals surface area contributed by atoms with Crippen LogP contribution in [0, 0.1) is 5.41 Å². The van der Waals surface area contributed by atoms with E-state index in [0.29, 0.717) is 5.78 Å². The zero-order valence-electron chi connectivity index (χ0n) is 10.2. The van der Waals surface area contributed by atoms with Crippen molar-refractivity contribution in [3.05, 3.63) is 41.5 Å². The summed E-state index contributed by atoms with van der Waals surface area (Å²) in [4.78, 5) is 12.2. The molecule has 1 heteroatoms. The van der Waals surface area contributed by atoms with Crippen molar-refractivity contribution in [3.63, 3.8) is 0 Å². The van der Waals surface area contributed by atoms with Gasteiger partial charge < -0.3 is 0 Å². The van der Waals surface area contributed by atoms with Crippen LogP contribution in [0.25, 0.3) is 5.57 Å². The number of rotatable bonds is 1. The SMILES string of the molecule is CC1=C(c2ccccc2)CCC(C)(C)C1=O. The molecule has 0 saturated carbocycles. The van der Waals surface area contributed by atoms with E-state index in [9.17, 15) is 4.79 Å². The number of Topliss-reactive ketones (excluding diaryl/α,β-unsaturated/α-hetero) is 1. The van der Waals surface area contributed by atoms with Crippen LogP contribution < -0.4 is 0 Å². The normalized spacial score (nSPS) is 20.1. The third kappa shape index (κ3) is 1.82. The highest BCUT2D eigenvalue weighted by atomic mass is 16.1. The van der Waals surface area contributed by atoms with Crippen LogP contribution in [0.1, 0.15) is 39.2 Å². The van der Waals surface area contributed by atoms with Gasteiger partial charge in [0.25, 0.3) is 0 Å². The second-order valence-electron chi connectivity index (χ2n) is 5.18. The van der Waals surface area contributed by atoms with E-state index in [1.54, 1.807) is 0 Å². The molecule has 1 aromatic rings. The summed E-state index contributed by atoms with van der Waals surface area (Å²) in [7, 11) is 0. The van der Waals surface area contributed by atoms with Gasteiger partial charge in [-0.05, 0) is 36.5 Å². The Kier molecular flexibility index (Phi) is 2.71. The van der Waals surface area contributed by atoms with E-state index in [1.165, 1.54) is 11.1 Å². The Labute approximate surface area is 97.2 Å². The molecule has 0 fully saturated rings. The minimum Gasteiger partial charge on any atom is -0.294 e. The van der Waals surface area contributed by atoms with Gasteiger partial charge in [-0.1, -0.05) is 44.2 Å². The number of benzene rings is 1. The minimum atomic E-state index is -0.178. The quantitative estimate of drug-likeness (QED) is 0.694. The fourth-order valence-electron chi connectivity index (χ4n) is 2.38. The van der Waals surface area contributed by atoms with Gasteiger partial charge in [0.05, 0.1) is 0 Å². The Balaban J connectivity index is 2.44. The average Bonchev–Trinajstić information content (AvgIpc) is 2.27. The predicted octanol–water partition coefficient (Wildman–Crippen LogP) is 3.85. The zero-order chi connectivity index (χ0) is 11.8. The molecule has 1 aromatic carbocycles. The van der Waals surface area contributed by atoms with Crippen LogP contribution in [-0.4, -0.2) is 5.78 Å². The molecule has 0 saturated heterocycles. The van der Waals surface area contributed by atoms with E-state index in [1.807, 2.05) is 39.0 Å². The number of hydrogen-bond acceptors (Lipinski definition) is 1. The van der Waals surface area contributed by atoms with Crippen LogP contribution in [0.5, 0.6) is 0 Å². The highest BCUT2D eigenvalue weighted by Crippen LogP contribution is 2.39. The molecule has 2 rings (SSSR count). The van der Waals surface area contributed by atoms with E-state index in [4.69, 9.17) is 0 Å². The van der Waals surface area contributed by atoms with Crippen LogP contribution in [0.4, 0.5) is 0 Å². The molecular weight excluding hydrogens is 196 g/mol. The van der Waals surface area contributed by atoms with Gasteiger partial charge in [-0.25, -0.2) is 0 Å². The lowest BCUT2D eigenvalue weighted by atomic mass is 9.72. The maximum atomic E-state index is 12.2. The average molecular weight is 214 g/mol. The Morgan fingerprint density at radius 3 is 2.38 bits per heavy atom. The molecular formula is C15H18O. The van der Waals surface area contributed by atoms with Crippen LogP contribution in [-0.2, 0) is 4.79 Å². The largest absolute Gasteiger partial charge is 0.294 e. The second kappa shape index (κ2) is 3.89. The molecule has 0 spiro atoms. The summed E-state index contributed by atoms with van der Waals surface area (Å²) >= 11 is 0. The fourth-order valence-corrected chi connectivity index (χ4v) is 2.38. The van der Waals surface area contributed by atoms with Crippen molar-refractivity contribution >= 4 is 11.4 Å². The van der Waals surface area contributed by atoms with Crippen molar-refractivity contribution in [2.45, 2.75) is 33.6 Å². The molecule has 0 unspecified atom stereocenters. The van der Waals surface area contributed by atoms with E-state index in [-0.39, 0.29) is 5.41 Å². The van der Waals surface area contributed by atoms with Gasteiger partial charge in [0.15, 0.2) is 5.78 Å². The number of allylic oxidation sites excluding steroid dienone is 2. The topological polar surface area (TPSA) is 17.1 Å². The Morgan fingerprint density at radius 1 is 1.12 bits per heavy atom. The molecule has 0 aliphatic heterocycles. The lowest BCUT2D eigenvalue weighted by molar-refractivity contribution is -0.123. The third-order valence-corrected chi connectivity index (χ3v) is 3.53. The van der Waals surface area contributed by atoms with Crippen LogP contribution in [0.3, 0.4) is 0 Å². The lowest BCUT2D eigenvalue weighted by Crippen LogP contribution is -2.29. The Hall–Kier alpha value is -1.37. The van der Waals surface area contributed by atoms with Crippen molar-refractivity contribution < 1.29 is 4.79 Å². The number of ketones is 1. The first-order chi connectivity index (χ1) is 7.52. The van der Waals surface area contributed by atoms with Gasteiger partial charge in [0.1, 0.15) is 0 Å². The van der Waals surface area contributed by atoms with Gasteiger partial charge in [0.2, 0.25) is 0 Å². The molecule has 0 amide bonds. The van der Waals surface area contributed by atoms with Crippen molar-refractivity contribution in [1.29, 1.82) is 0 Å². The highest BCUT2D eigenvalue weighted by molar-refractivity contribution is 6.06. The molecule has 16 heavy (non-hydrogen) atoms. The number of carbonyl (C=O) groups excluding carboxylic acids is 1. The van der Waals surface area contributed by atoms with E-state index in [0.717, 1.165) is 18.4 Å². The van der Waals surface area contributed by atoms with Crippen LogP contribution >= 0.6 is 0 Å². The van der Waals surface area contributed by atoms with E-state index < -0.39 is 0 Å². The molecule has 84 valence electrons. The second-order valence-corrected chi connectivity index (χ2v) is 5.18. The summed E-state index contributed by atoms with van der Waals surface area (Å²) in [5, 5.41) is 0. The van der Waals surface area contributed by atoms with Gasteiger partial charge in [0, 0.05) is 5.41 Å². The monoisotopic (exact) mass is 214 g/mol. The standard InChI is InChI=1S/C15H18O/c1-11-13(12-7-5-4-6-8-12)9-10-15(2,3)14(11)16/h4-8H,9-10H2,1-3H3. The van der Waals surface area contributed by atoms with Crippen molar-refractivity contribution in [2.75, 3.05) is 0 Å². The molecule has 1 aliphatic rings. The first-order valence-electron chi connectivity index (χ1n) is 5.82. The summed E-state index contributed by atoms with van der Waals surface area (Å²) < 4.78 is 0. The summed E-state index contributed by atoms with van der Waals surface area (Å²) in [5.41, 5.74) is 3.19. The summed E-state index contributed by atoms with van der Waals surface area (Å²) in [6.45, 7) is 6.05. The van der Waals surface area contributed by atoms with Crippen LogP contribution in [0.15, 0.2) is 35.9 Å². The van der Waals surface area contributed by atoms with E-state index in [2.05, 4.69) is 12.1 Å². The molecule has 0 heterocycles. The Bertz CT molecular complexity index is 438. The maximum absolute atomic E-state index is 12.2. The molecule has 1 aliphatic carbocycles. The number of hydrogen-bond donors (Lipinski definition) is 0. The minimum absolute atomic E-state index is 0.178. The van der Waals surface area contributed by atoms with Gasteiger partial charge in [-0.15, -0.1) is 0 Å². The van der Waals surface area contributed by atoms with Crippen molar-refractivity contribution in [1.82, 2.24) is 0 Å². The first-order valence-corrected chi connectivity index (χ1v) is 5.82. The van der Waals surface area contributed by atoms with Crippen LogP contribution in [0.2, 0.25) is 0 Å². The smallest absolute Gasteiger partial charge is 0.164 e. The molecule has 1 nitrogen and oxygen atoms in total. The summed E-state index contributed by atoms with van der Waals surface area (Å²) in [6.07, 6.45) is 1.96. The third-order valence-electron chi connectivity index (χ3n) is 3.53. The van der Waals surface area contributed by atoms with E-state index >= 15 is 0 Å². The Morgan fingerprint density at radius 2 is 1.75 bits per heavy atom. The van der Waals surface area contributed by atoms with Gasteiger partial charge >= 0.3 is 0 Å². The van der Waals surface area contributed by atoms with Gasteiger partial charge in [-0.2, -0.15) is 0 Å². The molecule has 0 N–H and O–H groups in total. The summed E-state index contributed by atoms with van der Waals surface area (Å²) in [6, 6.07) is 10.2. The van der Waals surface area contributed by atoms with Crippen molar-refractivity contribution in [3.8, 4) is 0 Å². The van der Waals surface area contributed by atoms with Gasteiger partial charge in [-0.3, -0.25) is 4.79 Å². The zero-order valence-corrected chi connectivity index (χ0v) is 10.2. The lowest BCUT2D eigenvalue weighted by Gasteiger charge is -2.30. The molecule has 0 bridgehead atoms. The molecule has 0 atom stereocenters. The summed E-state index contributed by atoms with van der Waals surface area (Å²) in [5.74, 6) is 0.303. The highest BCUT2D eigenvalue weighted by Gasteiger charge is 2.33. The number of carbonyl (C=O) groups is 1. The maximum Gasteiger partial charge on any atom is 0.164 e.